The first kappa shape index (κ1) is 16.1. The Balaban J connectivity index is 1.58. The van der Waals surface area contributed by atoms with Gasteiger partial charge < -0.3 is 4.84 Å². The summed E-state index contributed by atoms with van der Waals surface area (Å²) in [6.07, 6.45) is 2.56. The van der Waals surface area contributed by atoms with E-state index in [-0.39, 0.29) is 11.3 Å². The van der Waals surface area contributed by atoms with Gasteiger partial charge in [-0.2, -0.15) is 0 Å². The van der Waals surface area contributed by atoms with E-state index in [2.05, 4.69) is 15.6 Å². The van der Waals surface area contributed by atoms with Gasteiger partial charge in [0, 0.05) is 24.4 Å². The molecule has 0 aliphatic carbocycles. The average Bonchev–Trinajstić information content (AvgIpc) is 3.11. The van der Waals surface area contributed by atoms with E-state index in [1.165, 1.54) is 12.1 Å². The standard InChI is InChI=1S/C15H14N4O4S/c20-15(17-19-24(21,22)12-6-2-1-3-7-12)14-9-13(18-23-14)11-5-4-8-16-10-11/h1-8,10,14,19H,9H2,(H,17,20)/t14-/m1/s1. The van der Waals surface area contributed by atoms with Gasteiger partial charge in [0.25, 0.3) is 15.9 Å². The molecule has 1 aliphatic heterocycles. The highest BCUT2D eigenvalue weighted by atomic mass is 32.2. The minimum Gasteiger partial charge on any atom is -0.382 e. The first-order valence-electron chi connectivity index (χ1n) is 7.06. The van der Waals surface area contributed by atoms with Crippen molar-refractivity contribution in [2.24, 2.45) is 5.16 Å². The second kappa shape index (κ2) is 6.77. The number of hydrogen-bond donors (Lipinski definition) is 2. The summed E-state index contributed by atoms with van der Waals surface area (Å²) in [4.78, 5) is 23.2. The van der Waals surface area contributed by atoms with E-state index in [0.717, 1.165) is 5.56 Å². The number of pyridine rings is 1. The molecule has 1 aliphatic rings. The van der Waals surface area contributed by atoms with Gasteiger partial charge in [0.1, 0.15) is 0 Å². The van der Waals surface area contributed by atoms with E-state index in [1.54, 1.807) is 42.7 Å². The van der Waals surface area contributed by atoms with Crippen LogP contribution in [0.1, 0.15) is 12.0 Å². The van der Waals surface area contributed by atoms with Gasteiger partial charge in [0.15, 0.2) is 0 Å². The lowest BCUT2D eigenvalue weighted by Gasteiger charge is -2.11. The molecule has 2 N–H and O–H groups in total. The third-order valence-electron chi connectivity index (χ3n) is 3.32. The highest BCUT2D eigenvalue weighted by molar-refractivity contribution is 7.89. The molecule has 8 nitrogen and oxygen atoms in total. The maximum atomic E-state index is 12.0. The molecule has 124 valence electrons. The van der Waals surface area contributed by atoms with Crippen LogP contribution in [0.25, 0.3) is 0 Å². The zero-order valence-corrected chi connectivity index (χ0v) is 13.2. The SMILES string of the molecule is O=C(NNS(=O)(=O)c1ccccc1)[C@H]1CC(c2cccnc2)=NO1. The zero-order valence-electron chi connectivity index (χ0n) is 12.4. The molecule has 24 heavy (non-hydrogen) atoms. The largest absolute Gasteiger partial charge is 0.382 e. The number of nitrogens with one attached hydrogen (secondary N) is 2. The highest BCUT2D eigenvalue weighted by Gasteiger charge is 2.29. The van der Waals surface area contributed by atoms with Crippen LogP contribution in [0, 0.1) is 0 Å². The van der Waals surface area contributed by atoms with E-state index < -0.39 is 22.0 Å². The number of hydrazine groups is 1. The van der Waals surface area contributed by atoms with Crippen molar-refractivity contribution in [1.29, 1.82) is 0 Å². The molecule has 2 heterocycles. The van der Waals surface area contributed by atoms with Crippen molar-refractivity contribution in [3.05, 3.63) is 60.4 Å². The predicted molar refractivity (Wildman–Crippen MR) is 85.2 cm³/mol. The third-order valence-corrected chi connectivity index (χ3v) is 4.58. The van der Waals surface area contributed by atoms with Crippen LogP contribution >= 0.6 is 0 Å². The first-order chi connectivity index (χ1) is 11.6. The molecule has 1 atom stereocenters. The van der Waals surface area contributed by atoms with Crippen LogP contribution in [0.2, 0.25) is 0 Å². The number of hydrogen-bond acceptors (Lipinski definition) is 6. The number of oxime groups is 1. The molecule has 0 saturated heterocycles. The van der Waals surface area contributed by atoms with Gasteiger partial charge in [0.05, 0.1) is 10.6 Å². The number of carbonyl (C=O) groups excluding carboxylic acids is 1. The molecule has 3 rings (SSSR count). The summed E-state index contributed by atoms with van der Waals surface area (Å²) in [6.45, 7) is 0. The number of carbonyl (C=O) groups is 1. The Morgan fingerprint density at radius 2 is 1.96 bits per heavy atom. The molecule has 1 amide bonds. The fraction of sp³-hybridized carbons (Fsp3) is 0.133. The summed E-state index contributed by atoms with van der Waals surface area (Å²) in [5.41, 5.74) is 3.47. The number of benzene rings is 1. The molecule has 0 radical (unpaired) electrons. The van der Waals surface area contributed by atoms with E-state index in [9.17, 15) is 13.2 Å². The van der Waals surface area contributed by atoms with Gasteiger partial charge in [-0.25, -0.2) is 8.42 Å². The van der Waals surface area contributed by atoms with Crippen molar-refractivity contribution in [1.82, 2.24) is 15.2 Å². The van der Waals surface area contributed by atoms with Crippen LogP contribution in [-0.4, -0.2) is 31.1 Å². The summed E-state index contributed by atoms with van der Waals surface area (Å²) < 4.78 is 24.1. The summed E-state index contributed by atoms with van der Waals surface area (Å²) in [5, 5.41) is 3.85. The van der Waals surface area contributed by atoms with E-state index in [4.69, 9.17) is 4.84 Å². The van der Waals surface area contributed by atoms with Crippen LogP contribution in [0.4, 0.5) is 0 Å². The smallest absolute Gasteiger partial charge is 0.279 e. The molecule has 2 aromatic rings. The molecule has 0 bridgehead atoms. The van der Waals surface area contributed by atoms with Gasteiger partial charge >= 0.3 is 0 Å². The van der Waals surface area contributed by atoms with Crippen molar-refractivity contribution < 1.29 is 18.0 Å². The van der Waals surface area contributed by atoms with E-state index >= 15 is 0 Å². The predicted octanol–water partition coefficient (Wildman–Crippen LogP) is 0.584. The zero-order chi connectivity index (χ0) is 17.0. The second-order valence-electron chi connectivity index (χ2n) is 4.99. The maximum Gasteiger partial charge on any atom is 0.279 e. The van der Waals surface area contributed by atoms with Crippen molar-refractivity contribution in [3.8, 4) is 0 Å². The molecule has 1 aromatic heterocycles. The minimum absolute atomic E-state index is 0.0462. The van der Waals surface area contributed by atoms with Crippen LogP contribution in [0.5, 0.6) is 0 Å². The Bertz CT molecular complexity index is 854. The van der Waals surface area contributed by atoms with Crippen LogP contribution < -0.4 is 10.3 Å². The van der Waals surface area contributed by atoms with E-state index in [0.29, 0.717) is 5.71 Å². The Kier molecular flexibility index (Phi) is 4.54. The van der Waals surface area contributed by atoms with E-state index in [1.807, 2.05) is 4.83 Å². The Morgan fingerprint density at radius 1 is 1.17 bits per heavy atom. The van der Waals surface area contributed by atoms with Crippen molar-refractivity contribution in [2.45, 2.75) is 17.4 Å². The number of rotatable bonds is 5. The van der Waals surface area contributed by atoms with Gasteiger partial charge in [-0.15, -0.1) is 4.83 Å². The molecular weight excluding hydrogens is 332 g/mol. The average molecular weight is 346 g/mol. The number of aromatic nitrogens is 1. The minimum atomic E-state index is -3.84. The number of amides is 1. The van der Waals surface area contributed by atoms with Gasteiger partial charge in [-0.05, 0) is 24.3 Å². The highest BCUT2D eigenvalue weighted by Crippen LogP contribution is 2.16. The number of sulfonamides is 1. The van der Waals surface area contributed by atoms with Crippen LogP contribution in [0.15, 0.2) is 64.9 Å². The summed E-state index contributed by atoms with van der Waals surface area (Å²) in [5.74, 6) is -0.628. The normalized spacial score (nSPS) is 17.0. The summed E-state index contributed by atoms with van der Waals surface area (Å²) in [7, 11) is -3.84. The molecule has 9 heteroatoms. The third kappa shape index (κ3) is 3.58. The molecular formula is C15H14N4O4S. The van der Waals surface area contributed by atoms with Crippen LogP contribution in [0.3, 0.4) is 0 Å². The Hall–Kier alpha value is -2.78. The van der Waals surface area contributed by atoms with Gasteiger partial charge in [0.2, 0.25) is 6.10 Å². The maximum absolute atomic E-state index is 12.0. The van der Waals surface area contributed by atoms with Gasteiger partial charge in [-0.3, -0.25) is 15.2 Å². The quantitative estimate of drug-likeness (QED) is 0.770. The summed E-state index contributed by atoms with van der Waals surface area (Å²) in [6, 6.07) is 11.3. The molecule has 0 fully saturated rings. The first-order valence-corrected chi connectivity index (χ1v) is 8.54. The van der Waals surface area contributed by atoms with Crippen molar-refractivity contribution >= 4 is 21.6 Å². The van der Waals surface area contributed by atoms with Crippen LogP contribution in [-0.2, 0) is 19.7 Å². The van der Waals surface area contributed by atoms with Crippen molar-refractivity contribution in [3.63, 3.8) is 0 Å². The lowest BCUT2D eigenvalue weighted by Crippen LogP contribution is -2.46. The lowest BCUT2D eigenvalue weighted by atomic mass is 10.1. The molecule has 1 aromatic carbocycles. The number of nitrogens with zero attached hydrogens (tertiary/aromatic N) is 2. The Morgan fingerprint density at radius 3 is 2.67 bits per heavy atom. The monoisotopic (exact) mass is 346 g/mol. The summed E-state index contributed by atoms with van der Waals surface area (Å²) >= 11 is 0. The fourth-order valence-electron chi connectivity index (χ4n) is 2.08. The lowest BCUT2D eigenvalue weighted by molar-refractivity contribution is -0.131. The van der Waals surface area contributed by atoms with Crippen molar-refractivity contribution in [2.75, 3.05) is 0 Å². The van der Waals surface area contributed by atoms with Gasteiger partial charge in [-0.1, -0.05) is 23.4 Å². The fourth-order valence-corrected chi connectivity index (χ4v) is 2.95. The molecule has 0 saturated carbocycles. The Labute approximate surface area is 138 Å². The molecule has 0 unspecified atom stereocenters. The molecule has 0 spiro atoms. The topological polar surface area (TPSA) is 110 Å². The second-order valence-corrected chi connectivity index (χ2v) is 6.67.